The Bertz CT molecular complexity index is 785. The molecule has 0 saturated heterocycles. The van der Waals surface area contributed by atoms with Crippen molar-refractivity contribution in [1.82, 2.24) is 5.32 Å². The highest BCUT2D eigenvalue weighted by Crippen LogP contribution is 2.26. The van der Waals surface area contributed by atoms with E-state index in [1.807, 2.05) is 37.3 Å². The summed E-state index contributed by atoms with van der Waals surface area (Å²) in [6.45, 7) is 4.05. The van der Waals surface area contributed by atoms with E-state index in [-0.39, 0.29) is 11.9 Å². The number of aryl methyl sites for hydroxylation is 2. The maximum atomic E-state index is 12.9. The molecule has 1 aliphatic rings. The second-order valence-electron chi connectivity index (χ2n) is 7.39. The molecule has 1 N–H and O–H groups in total. The molecule has 150 valence electrons. The van der Waals surface area contributed by atoms with Crippen LogP contribution in [-0.2, 0) is 17.6 Å². The van der Waals surface area contributed by atoms with E-state index < -0.39 is 6.10 Å². The second kappa shape index (κ2) is 9.63. The number of hydrogen-bond donors (Lipinski definition) is 1. The fraction of sp³-hybridized carbons (Fsp3) is 0.458. The van der Waals surface area contributed by atoms with E-state index in [1.165, 1.54) is 24.0 Å². The van der Waals surface area contributed by atoms with Crippen LogP contribution < -0.4 is 14.8 Å². The minimum atomic E-state index is -0.492. The normalized spacial score (nSPS) is 15.2. The molecule has 0 fully saturated rings. The zero-order chi connectivity index (χ0) is 19.9. The summed E-state index contributed by atoms with van der Waals surface area (Å²) in [5, 5.41) is 3.15. The Kier molecular flexibility index (Phi) is 6.96. The van der Waals surface area contributed by atoms with E-state index in [0.717, 1.165) is 36.3 Å². The van der Waals surface area contributed by atoms with Gasteiger partial charge in [0.2, 0.25) is 0 Å². The molecule has 0 radical (unpaired) electrons. The van der Waals surface area contributed by atoms with Gasteiger partial charge in [-0.3, -0.25) is 4.79 Å². The summed E-state index contributed by atoms with van der Waals surface area (Å²) >= 11 is 0. The summed E-state index contributed by atoms with van der Waals surface area (Å²) in [7, 11) is 1.65. The number of benzene rings is 2. The van der Waals surface area contributed by atoms with E-state index in [1.54, 1.807) is 7.11 Å². The van der Waals surface area contributed by atoms with Gasteiger partial charge in [-0.25, -0.2) is 0 Å². The Hall–Kier alpha value is -2.49. The molecule has 4 heteroatoms. The van der Waals surface area contributed by atoms with Gasteiger partial charge >= 0.3 is 0 Å². The Morgan fingerprint density at radius 3 is 2.29 bits per heavy atom. The van der Waals surface area contributed by atoms with Gasteiger partial charge in [0.15, 0.2) is 6.10 Å². The van der Waals surface area contributed by atoms with E-state index in [9.17, 15) is 4.79 Å². The van der Waals surface area contributed by atoms with Crippen LogP contribution in [0.15, 0.2) is 42.5 Å². The Morgan fingerprint density at radius 1 is 0.964 bits per heavy atom. The van der Waals surface area contributed by atoms with Crippen LogP contribution in [0.1, 0.15) is 62.3 Å². The van der Waals surface area contributed by atoms with Crippen LogP contribution in [0.2, 0.25) is 0 Å². The molecule has 2 aromatic carbocycles. The molecule has 0 heterocycles. The van der Waals surface area contributed by atoms with Gasteiger partial charge in [0.1, 0.15) is 11.5 Å². The molecule has 28 heavy (non-hydrogen) atoms. The third-order valence-corrected chi connectivity index (χ3v) is 5.50. The van der Waals surface area contributed by atoms with Gasteiger partial charge in [-0.15, -0.1) is 0 Å². The molecule has 0 unspecified atom stereocenters. The van der Waals surface area contributed by atoms with Crippen molar-refractivity contribution in [3.05, 3.63) is 59.2 Å². The van der Waals surface area contributed by atoms with Crippen LogP contribution in [0.3, 0.4) is 0 Å². The number of nitrogens with one attached hydrogen (secondary N) is 1. The van der Waals surface area contributed by atoms with Crippen molar-refractivity contribution in [2.75, 3.05) is 7.11 Å². The maximum Gasteiger partial charge on any atom is 0.261 e. The lowest BCUT2D eigenvalue weighted by atomic mass is 9.92. The maximum absolute atomic E-state index is 12.9. The van der Waals surface area contributed by atoms with Crippen molar-refractivity contribution in [3.63, 3.8) is 0 Å². The number of ether oxygens (including phenoxy) is 2. The fourth-order valence-corrected chi connectivity index (χ4v) is 3.79. The first-order valence-corrected chi connectivity index (χ1v) is 10.4. The molecular weight excluding hydrogens is 350 g/mol. The summed E-state index contributed by atoms with van der Waals surface area (Å²) in [6, 6.07) is 14.1. The lowest BCUT2D eigenvalue weighted by Crippen LogP contribution is -2.40. The van der Waals surface area contributed by atoms with Gasteiger partial charge in [0.25, 0.3) is 5.91 Å². The lowest BCUT2D eigenvalue weighted by Gasteiger charge is -2.23. The van der Waals surface area contributed by atoms with Crippen molar-refractivity contribution < 1.29 is 14.3 Å². The van der Waals surface area contributed by atoms with Crippen molar-refractivity contribution in [2.45, 2.75) is 64.5 Å². The van der Waals surface area contributed by atoms with Crippen LogP contribution >= 0.6 is 0 Å². The molecule has 0 bridgehead atoms. The summed E-state index contributed by atoms with van der Waals surface area (Å²) in [5.74, 6) is 1.54. The van der Waals surface area contributed by atoms with Crippen LogP contribution in [0.5, 0.6) is 11.5 Å². The topological polar surface area (TPSA) is 47.6 Å². The van der Waals surface area contributed by atoms with Gasteiger partial charge in [-0.1, -0.05) is 32.0 Å². The molecule has 0 saturated carbocycles. The zero-order valence-electron chi connectivity index (χ0n) is 17.2. The lowest BCUT2D eigenvalue weighted by molar-refractivity contribution is -0.128. The van der Waals surface area contributed by atoms with Gasteiger partial charge in [0, 0.05) is 0 Å². The highest BCUT2D eigenvalue weighted by atomic mass is 16.5. The molecule has 0 spiro atoms. The van der Waals surface area contributed by atoms with E-state index in [0.29, 0.717) is 6.42 Å². The summed E-state index contributed by atoms with van der Waals surface area (Å²) in [5.41, 5.74) is 3.85. The molecule has 2 aromatic rings. The highest BCUT2D eigenvalue weighted by Gasteiger charge is 2.22. The summed E-state index contributed by atoms with van der Waals surface area (Å²) in [4.78, 5) is 12.9. The predicted molar refractivity (Wildman–Crippen MR) is 112 cm³/mol. The van der Waals surface area contributed by atoms with Crippen molar-refractivity contribution in [2.24, 2.45) is 0 Å². The molecule has 0 aliphatic heterocycles. The van der Waals surface area contributed by atoms with E-state index in [2.05, 4.69) is 24.4 Å². The Balaban J connectivity index is 1.66. The molecule has 3 rings (SSSR count). The van der Waals surface area contributed by atoms with E-state index >= 15 is 0 Å². The van der Waals surface area contributed by atoms with Crippen molar-refractivity contribution in [3.8, 4) is 11.5 Å². The van der Waals surface area contributed by atoms with Crippen molar-refractivity contribution >= 4 is 5.91 Å². The monoisotopic (exact) mass is 381 g/mol. The zero-order valence-corrected chi connectivity index (χ0v) is 17.2. The average molecular weight is 382 g/mol. The van der Waals surface area contributed by atoms with Gasteiger partial charge in [-0.05, 0) is 79.5 Å². The van der Waals surface area contributed by atoms with E-state index in [4.69, 9.17) is 9.47 Å². The average Bonchev–Trinajstić information content (AvgIpc) is 2.75. The Morgan fingerprint density at radius 2 is 1.64 bits per heavy atom. The SMILES string of the molecule is CC[C@H](NC(=O)[C@@H](CC)Oc1ccc2c(c1)CCCC2)c1ccc(OC)cc1. The van der Waals surface area contributed by atoms with Gasteiger partial charge in [-0.2, -0.15) is 0 Å². The van der Waals surface area contributed by atoms with Crippen molar-refractivity contribution in [1.29, 1.82) is 0 Å². The number of carbonyl (C=O) groups is 1. The molecule has 4 nitrogen and oxygen atoms in total. The fourth-order valence-electron chi connectivity index (χ4n) is 3.79. The quantitative estimate of drug-likeness (QED) is 0.700. The predicted octanol–water partition coefficient (Wildman–Crippen LogP) is 5.00. The number of amides is 1. The first-order chi connectivity index (χ1) is 13.6. The number of carbonyl (C=O) groups excluding carboxylic acids is 1. The van der Waals surface area contributed by atoms with Gasteiger partial charge < -0.3 is 14.8 Å². The Labute approximate surface area is 168 Å². The minimum Gasteiger partial charge on any atom is -0.497 e. The summed E-state index contributed by atoms with van der Waals surface area (Å²) < 4.78 is 11.3. The number of methoxy groups -OCH3 is 1. The van der Waals surface area contributed by atoms with Crippen LogP contribution in [0.25, 0.3) is 0 Å². The molecule has 1 amide bonds. The third-order valence-electron chi connectivity index (χ3n) is 5.50. The van der Waals surface area contributed by atoms with Gasteiger partial charge in [0.05, 0.1) is 13.2 Å². The first kappa shape index (κ1) is 20.2. The number of fused-ring (bicyclic) bond motifs is 1. The third kappa shape index (κ3) is 4.86. The molecule has 0 aromatic heterocycles. The smallest absolute Gasteiger partial charge is 0.261 e. The van der Waals surface area contributed by atoms with Crippen LogP contribution in [0.4, 0.5) is 0 Å². The number of hydrogen-bond acceptors (Lipinski definition) is 3. The highest BCUT2D eigenvalue weighted by molar-refractivity contribution is 5.81. The molecule has 1 aliphatic carbocycles. The van der Waals surface area contributed by atoms with Crippen LogP contribution in [-0.4, -0.2) is 19.1 Å². The summed E-state index contributed by atoms with van der Waals surface area (Å²) in [6.07, 6.45) is 5.69. The first-order valence-electron chi connectivity index (χ1n) is 10.4. The largest absolute Gasteiger partial charge is 0.497 e. The number of rotatable bonds is 8. The molecule has 2 atom stereocenters. The molecular formula is C24H31NO3. The second-order valence-corrected chi connectivity index (χ2v) is 7.39. The standard InChI is InChI=1S/C24H31NO3/c1-4-22(18-11-13-20(27-3)14-12-18)25-24(26)23(5-2)28-21-15-10-17-8-6-7-9-19(17)16-21/h10-16,22-23H,4-9H2,1-3H3,(H,25,26)/t22-,23+/m0/s1. The van der Waals surface area contributed by atoms with Crippen LogP contribution in [0, 0.1) is 0 Å². The minimum absolute atomic E-state index is 0.0420.